The first-order valence-corrected chi connectivity index (χ1v) is 5.41. The van der Waals surface area contributed by atoms with Gasteiger partial charge in [0.05, 0.1) is 5.56 Å². The first-order valence-electron chi connectivity index (χ1n) is 5.41. The van der Waals surface area contributed by atoms with Gasteiger partial charge in [-0.25, -0.2) is 0 Å². The molecule has 0 atom stereocenters. The van der Waals surface area contributed by atoms with E-state index in [4.69, 9.17) is 4.42 Å². The van der Waals surface area contributed by atoms with Crippen LogP contribution in [0.1, 0.15) is 21.9 Å². The highest BCUT2D eigenvalue weighted by Gasteiger charge is 2.30. The van der Waals surface area contributed by atoms with Crippen molar-refractivity contribution in [1.29, 1.82) is 0 Å². The summed E-state index contributed by atoms with van der Waals surface area (Å²) in [7, 11) is 0. The molecule has 0 saturated heterocycles. The molecule has 1 amide bonds. The highest BCUT2D eigenvalue weighted by molar-refractivity contribution is 6.02. The number of aryl methyl sites for hydroxylation is 1. The van der Waals surface area contributed by atoms with Crippen molar-refractivity contribution in [3.05, 3.63) is 53.5 Å². The standard InChI is InChI=1S/C13H10F3NO2/c1-8-2-7-11(19-8)12(18)17-10-5-3-9(4-6-10)13(14,15)16/h2-7H,1H3,(H,17,18). The van der Waals surface area contributed by atoms with Crippen LogP contribution in [-0.4, -0.2) is 5.91 Å². The molecule has 3 nitrogen and oxygen atoms in total. The van der Waals surface area contributed by atoms with Crippen molar-refractivity contribution in [3.63, 3.8) is 0 Å². The van der Waals surface area contributed by atoms with E-state index in [2.05, 4.69) is 5.32 Å². The molecule has 2 aromatic rings. The summed E-state index contributed by atoms with van der Waals surface area (Å²) in [5.74, 6) is 0.183. The van der Waals surface area contributed by atoms with Gasteiger partial charge in [0, 0.05) is 5.69 Å². The van der Waals surface area contributed by atoms with Crippen LogP contribution in [0.25, 0.3) is 0 Å². The molecule has 0 bridgehead atoms. The minimum absolute atomic E-state index is 0.109. The molecule has 0 spiro atoms. The van der Waals surface area contributed by atoms with Crippen LogP contribution in [0.2, 0.25) is 0 Å². The zero-order valence-electron chi connectivity index (χ0n) is 9.91. The number of amides is 1. The van der Waals surface area contributed by atoms with Crippen molar-refractivity contribution in [3.8, 4) is 0 Å². The first kappa shape index (κ1) is 13.2. The maximum Gasteiger partial charge on any atom is 0.416 e. The predicted octanol–water partition coefficient (Wildman–Crippen LogP) is 3.86. The second-order valence-corrected chi connectivity index (χ2v) is 3.94. The van der Waals surface area contributed by atoms with E-state index in [1.54, 1.807) is 13.0 Å². The van der Waals surface area contributed by atoms with Gasteiger partial charge in [0.2, 0.25) is 0 Å². The van der Waals surface area contributed by atoms with Crippen LogP contribution in [0.5, 0.6) is 0 Å². The fraction of sp³-hybridized carbons (Fsp3) is 0.154. The topological polar surface area (TPSA) is 42.2 Å². The minimum atomic E-state index is -4.39. The first-order chi connectivity index (χ1) is 8.86. The summed E-state index contributed by atoms with van der Waals surface area (Å²) >= 11 is 0. The normalized spacial score (nSPS) is 11.4. The Balaban J connectivity index is 2.10. The summed E-state index contributed by atoms with van der Waals surface area (Å²) in [5, 5.41) is 2.45. The molecule has 19 heavy (non-hydrogen) atoms. The average Bonchev–Trinajstić information content (AvgIpc) is 2.75. The zero-order valence-corrected chi connectivity index (χ0v) is 9.91. The largest absolute Gasteiger partial charge is 0.456 e. The summed E-state index contributed by atoms with van der Waals surface area (Å²) in [6, 6.07) is 7.31. The molecule has 0 unspecified atom stereocenters. The number of anilines is 1. The Morgan fingerprint density at radius 3 is 2.21 bits per heavy atom. The number of hydrogen-bond acceptors (Lipinski definition) is 2. The van der Waals surface area contributed by atoms with E-state index < -0.39 is 17.6 Å². The second-order valence-electron chi connectivity index (χ2n) is 3.94. The van der Waals surface area contributed by atoms with Crippen LogP contribution in [0, 0.1) is 6.92 Å². The molecule has 1 heterocycles. The van der Waals surface area contributed by atoms with Crippen molar-refractivity contribution in [2.45, 2.75) is 13.1 Å². The molecular weight excluding hydrogens is 259 g/mol. The molecule has 1 N–H and O–H groups in total. The lowest BCUT2D eigenvalue weighted by Crippen LogP contribution is -2.11. The molecule has 2 rings (SSSR count). The summed E-state index contributed by atoms with van der Waals surface area (Å²) in [5.41, 5.74) is -0.494. The summed E-state index contributed by atoms with van der Waals surface area (Å²) < 4.78 is 42.1. The molecule has 0 saturated carbocycles. The van der Waals surface area contributed by atoms with Gasteiger partial charge in [-0.05, 0) is 43.3 Å². The third-order valence-electron chi connectivity index (χ3n) is 2.43. The van der Waals surface area contributed by atoms with Gasteiger partial charge >= 0.3 is 6.18 Å². The smallest absolute Gasteiger partial charge is 0.416 e. The Morgan fingerprint density at radius 2 is 1.74 bits per heavy atom. The molecule has 0 radical (unpaired) electrons. The van der Waals surface area contributed by atoms with Gasteiger partial charge < -0.3 is 9.73 Å². The van der Waals surface area contributed by atoms with Gasteiger partial charge in [0.25, 0.3) is 5.91 Å². The summed E-state index contributed by atoms with van der Waals surface area (Å²) in [6.45, 7) is 1.69. The molecule has 1 aromatic heterocycles. The van der Waals surface area contributed by atoms with Crippen LogP contribution < -0.4 is 5.32 Å². The van der Waals surface area contributed by atoms with Crippen molar-refractivity contribution < 1.29 is 22.4 Å². The maximum absolute atomic E-state index is 12.3. The molecule has 100 valence electrons. The Kier molecular flexibility index (Phi) is 3.33. The number of hydrogen-bond donors (Lipinski definition) is 1. The predicted molar refractivity (Wildman–Crippen MR) is 62.8 cm³/mol. The lowest BCUT2D eigenvalue weighted by molar-refractivity contribution is -0.137. The van der Waals surface area contributed by atoms with E-state index in [0.717, 1.165) is 12.1 Å². The zero-order chi connectivity index (χ0) is 14.0. The number of nitrogens with one attached hydrogen (secondary N) is 1. The lowest BCUT2D eigenvalue weighted by Gasteiger charge is -2.08. The third-order valence-corrected chi connectivity index (χ3v) is 2.43. The minimum Gasteiger partial charge on any atom is -0.456 e. The number of carbonyl (C=O) groups excluding carboxylic acids is 1. The monoisotopic (exact) mass is 269 g/mol. The van der Waals surface area contributed by atoms with E-state index in [1.165, 1.54) is 18.2 Å². The van der Waals surface area contributed by atoms with Gasteiger partial charge in [-0.1, -0.05) is 0 Å². The molecule has 1 aromatic carbocycles. The number of furan rings is 1. The number of rotatable bonds is 2. The van der Waals surface area contributed by atoms with Crippen molar-refractivity contribution in [1.82, 2.24) is 0 Å². The average molecular weight is 269 g/mol. The number of alkyl halides is 3. The van der Waals surface area contributed by atoms with Gasteiger partial charge in [-0.3, -0.25) is 4.79 Å². The van der Waals surface area contributed by atoms with E-state index in [9.17, 15) is 18.0 Å². The Hall–Kier alpha value is -2.24. The van der Waals surface area contributed by atoms with E-state index in [-0.39, 0.29) is 11.4 Å². The Bertz CT molecular complexity index is 585. The fourth-order valence-corrected chi connectivity index (χ4v) is 1.49. The highest BCUT2D eigenvalue weighted by Crippen LogP contribution is 2.29. The van der Waals surface area contributed by atoms with E-state index >= 15 is 0 Å². The van der Waals surface area contributed by atoms with Gasteiger partial charge in [0.15, 0.2) is 5.76 Å². The SMILES string of the molecule is Cc1ccc(C(=O)Nc2ccc(C(F)(F)F)cc2)o1. The highest BCUT2D eigenvalue weighted by atomic mass is 19.4. The number of carbonyl (C=O) groups is 1. The maximum atomic E-state index is 12.3. The number of benzene rings is 1. The molecule has 0 fully saturated rings. The molecule has 0 aliphatic heterocycles. The summed E-state index contributed by atoms with van der Waals surface area (Å²) in [4.78, 5) is 11.7. The summed E-state index contributed by atoms with van der Waals surface area (Å²) in [6.07, 6.45) is -4.39. The van der Waals surface area contributed by atoms with Crippen LogP contribution in [0.15, 0.2) is 40.8 Å². The van der Waals surface area contributed by atoms with E-state index in [0.29, 0.717) is 5.76 Å². The second kappa shape index (κ2) is 4.79. The van der Waals surface area contributed by atoms with Gasteiger partial charge in [-0.15, -0.1) is 0 Å². The molecule has 0 aliphatic rings. The van der Waals surface area contributed by atoms with Crippen molar-refractivity contribution in [2.24, 2.45) is 0 Å². The van der Waals surface area contributed by atoms with E-state index in [1.807, 2.05) is 0 Å². The Labute approximate surface area is 107 Å². The molecule has 0 aliphatic carbocycles. The fourth-order valence-electron chi connectivity index (χ4n) is 1.49. The van der Waals surface area contributed by atoms with Crippen LogP contribution in [0.3, 0.4) is 0 Å². The Morgan fingerprint density at radius 1 is 1.11 bits per heavy atom. The van der Waals surface area contributed by atoms with Crippen molar-refractivity contribution >= 4 is 11.6 Å². The molecule has 6 heteroatoms. The number of halogens is 3. The van der Waals surface area contributed by atoms with Crippen molar-refractivity contribution in [2.75, 3.05) is 5.32 Å². The van der Waals surface area contributed by atoms with Crippen LogP contribution in [0.4, 0.5) is 18.9 Å². The quantitative estimate of drug-likeness (QED) is 0.899. The van der Waals surface area contributed by atoms with Gasteiger partial charge in [0.1, 0.15) is 5.76 Å². The third kappa shape index (κ3) is 3.15. The van der Waals surface area contributed by atoms with Crippen LogP contribution >= 0.6 is 0 Å². The van der Waals surface area contributed by atoms with Gasteiger partial charge in [-0.2, -0.15) is 13.2 Å². The molecular formula is C13H10F3NO2. The lowest BCUT2D eigenvalue weighted by atomic mass is 10.2. The van der Waals surface area contributed by atoms with Crippen LogP contribution in [-0.2, 0) is 6.18 Å².